The van der Waals surface area contributed by atoms with Crippen molar-refractivity contribution in [2.45, 2.75) is 252 Å². The van der Waals surface area contributed by atoms with Gasteiger partial charge in [0.15, 0.2) is 6.10 Å². The average Bonchev–Trinajstić information content (AvgIpc) is 3.22. The molecule has 0 aromatic rings. The fourth-order valence-electron chi connectivity index (χ4n) is 6.85. The zero-order valence-corrected chi connectivity index (χ0v) is 38.3. The Morgan fingerprint density at radius 1 is 0.345 bits per heavy atom. The van der Waals surface area contributed by atoms with Gasteiger partial charge in [-0.1, -0.05) is 204 Å². The molecule has 0 rings (SSSR count). The second-order valence-corrected chi connectivity index (χ2v) is 16.4. The molecule has 0 spiro atoms. The van der Waals surface area contributed by atoms with Gasteiger partial charge in [-0.25, -0.2) is 0 Å². The molecular weight excluding hydrogens is 721 g/mol. The Kier molecular flexibility index (Phi) is 44.9. The lowest BCUT2D eigenvalue weighted by Gasteiger charge is -2.18. The van der Waals surface area contributed by atoms with Crippen molar-refractivity contribution in [3.63, 3.8) is 0 Å². The molecule has 0 fully saturated rings. The minimum Gasteiger partial charge on any atom is -0.462 e. The molecule has 0 saturated heterocycles. The molecule has 6 heteroatoms. The summed E-state index contributed by atoms with van der Waals surface area (Å²) in [5.41, 5.74) is 0. The van der Waals surface area contributed by atoms with E-state index in [-0.39, 0.29) is 31.1 Å². The molecule has 0 radical (unpaired) electrons. The Bertz CT molecular complexity index is 1030. The SMILES string of the molecule is CCCCCCC\C=C/C=C\C=C/CCCCCCCC(=O)OCC(COC(=O)CCCCCCCCCCC)OC(=O)CCCCC/C=C\CCCCCCCC. The van der Waals surface area contributed by atoms with E-state index < -0.39 is 6.10 Å². The third-order valence-corrected chi connectivity index (χ3v) is 10.6. The lowest BCUT2D eigenvalue weighted by Crippen LogP contribution is -2.30. The molecule has 0 aromatic heterocycles. The maximum Gasteiger partial charge on any atom is 0.306 e. The first-order chi connectivity index (χ1) is 28.5. The summed E-state index contributed by atoms with van der Waals surface area (Å²) in [4.78, 5) is 37.8. The number of ether oxygens (including phenoxy) is 3. The normalized spacial score (nSPS) is 12.4. The van der Waals surface area contributed by atoms with Gasteiger partial charge < -0.3 is 14.2 Å². The van der Waals surface area contributed by atoms with E-state index >= 15 is 0 Å². The van der Waals surface area contributed by atoms with Gasteiger partial charge in [0.2, 0.25) is 0 Å². The molecule has 0 aliphatic heterocycles. The second kappa shape index (κ2) is 47.1. The number of hydrogen-bond donors (Lipinski definition) is 0. The van der Waals surface area contributed by atoms with Crippen molar-refractivity contribution in [2.24, 2.45) is 0 Å². The molecular formula is C52H92O6. The highest BCUT2D eigenvalue weighted by Crippen LogP contribution is 2.14. The van der Waals surface area contributed by atoms with E-state index in [0.717, 1.165) is 89.9 Å². The summed E-state index contributed by atoms with van der Waals surface area (Å²) in [7, 11) is 0. The van der Waals surface area contributed by atoms with E-state index in [4.69, 9.17) is 14.2 Å². The van der Waals surface area contributed by atoms with Crippen LogP contribution in [0.25, 0.3) is 0 Å². The topological polar surface area (TPSA) is 78.9 Å². The van der Waals surface area contributed by atoms with Crippen LogP contribution in [0.4, 0.5) is 0 Å². The first-order valence-corrected chi connectivity index (χ1v) is 24.7. The summed E-state index contributed by atoms with van der Waals surface area (Å²) in [5.74, 6) is -0.921. The Hall–Kier alpha value is -2.63. The quantitative estimate of drug-likeness (QED) is 0.0200. The monoisotopic (exact) mass is 813 g/mol. The van der Waals surface area contributed by atoms with Crippen LogP contribution < -0.4 is 0 Å². The van der Waals surface area contributed by atoms with Gasteiger partial charge in [-0.05, 0) is 70.6 Å². The van der Waals surface area contributed by atoms with Crippen molar-refractivity contribution >= 4 is 17.9 Å². The van der Waals surface area contributed by atoms with Crippen molar-refractivity contribution < 1.29 is 28.6 Å². The lowest BCUT2D eigenvalue weighted by molar-refractivity contribution is -0.167. The van der Waals surface area contributed by atoms with Gasteiger partial charge in [0.1, 0.15) is 13.2 Å². The zero-order chi connectivity index (χ0) is 42.3. The smallest absolute Gasteiger partial charge is 0.306 e. The van der Waals surface area contributed by atoms with E-state index in [1.807, 2.05) is 0 Å². The number of carbonyl (C=O) groups is 3. The number of carbonyl (C=O) groups excluding carboxylic acids is 3. The summed E-state index contributed by atoms with van der Waals surface area (Å²) < 4.78 is 16.7. The summed E-state index contributed by atoms with van der Waals surface area (Å²) in [6.07, 6.45) is 55.2. The number of esters is 3. The number of rotatable bonds is 44. The molecule has 0 aliphatic carbocycles. The summed E-state index contributed by atoms with van der Waals surface area (Å²) >= 11 is 0. The highest BCUT2D eigenvalue weighted by atomic mass is 16.6. The third-order valence-electron chi connectivity index (χ3n) is 10.6. The Labute approximate surface area is 358 Å². The fraction of sp³-hybridized carbons (Fsp3) is 0.788. The summed E-state index contributed by atoms with van der Waals surface area (Å²) in [6.45, 7) is 6.56. The Balaban J connectivity index is 4.38. The first-order valence-electron chi connectivity index (χ1n) is 24.7. The highest BCUT2D eigenvalue weighted by Gasteiger charge is 2.19. The molecule has 336 valence electrons. The van der Waals surface area contributed by atoms with E-state index in [9.17, 15) is 14.4 Å². The molecule has 0 aliphatic rings. The minimum absolute atomic E-state index is 0.0845. The van der Waals surface area contributed by atoms with E-state index in [1.165, 1.54) is 116 Å². The van der Waals surface area contributed by atoms with Gasteiger partial charge in [0.25, 0.3) is 0 Å². The number of hydrogen-bond acceptors (Lipinski definition) is 6. The predicted octanol–water partition coefficient (Wildman–Crippen LogP) is 15.9. The number of allylic oxidation sites excluding steroid dienone is 8. The summed E-state index contributed by atoms with van der Waals surface area (Å²) in [5, 5.41) is 0. The third kappa shape index (κ3) is 44.5. The fourth-order valence-corrected chi connectivity index (χ4v) is 6.85. The van der Waals surface area contributed by atoms with E-state index in [0.29, 0.717) is 19.3 Å². The maximum atomic E-state index is 12.7. The predicted molar refractivity (Wildman–Crippen MR) is 247 cm³/mol. The van der Waals surface area contributed by atoms with Gasteiger partial charge in [-0.15, -0.1) is 0 Å². The first kappa shape index (κ1) is 55.4. The van der Waals surface area contributed by atoms with Gasteiger partial charge in [0.05, 0.1) is 0 Å². The Morgan fingerprint density at radius 2 is 0.638 bits per heavy atom. The minimum atomic E-state index is -0.785. The molecule has 58 heavy (non-hydrogen) atoms. The van der Waals surface area contributed by atoms with Crippen molar-refractivity contribution in [2.75, 3.05) is 13.2 Å². The van der Waals surface area contributed by atoms with Gasteiger partial charge >= 0.3 is 17.9 Å². The van der Waals surface area contributed by atoms with Gasteiger partial charge in [0, 0.05) is 19.3 Å². The largest absolute Gasteiger partial charge is 0.462 e. The molecule has 0 saturated carbocycles. The van der Waals surface area contributed by atoms with Crippen LogP contribution in [-0.4, -0.2) is 37.2 Å². The van der Waals surface area contributed by atoms with Crippen LogP contribution in [0, 0.1) is 0 Å². The van der Waals surface area contributed by atoms with E-state index in [2.05, 4.69) is 69.4 Å². The lowest BCUT2D eigenvalue weighted by atomic mass is 10.1. The van der Waals surface area contributed by atoms with Crippen LogP contribution >= 0.6 is 0 Å². The molecule has 0 heterocycles. The van der Waals surface area contributed by atoms with E-state index in [1.54, 1.807) is 0 Å². The van der Waals surface area contributed by atoms with Crippen molar-refractivity contribution in [1.29, 1.82) is 0 Å². The molecule has 0 bridgehead atoms. The molecule has 6 nitrogen and oxygen atoms in total. The highest BCUT2D eigenvalue weighted by molar-refractivity contribution is 5.71. The molecule has 0 N–H and O–H groups in total. The zero-order valence-electron chi connectivity index (χ0n) is 38.3. The van der Waals surface area contributed by atoms with Crippen LogP contribution in [0.2, 0.25) is 0 Å². The van der Waals surface area contributed by atoms with Crippen molar-refractivity contribution in [3.8, 4) is 0 Å². The average molecular weight is 813 g/mol. The molecule has 0 aromatic carbocycles. The van der Waals surface area contributed by atoms with Gasteiger partial charge in [-0.2, -0.15) is 0 Å². The molecule has 1 unspecified atom stereocenters. The van der Waals surface area contributed by atoms with Crippen molar-refractivity contribution in [3.05, 3.63) is 48.6 Å². The molecule has 1 atom stereocenters. The number of unbranched alkanes of at least 4 members (excludes halogenated alkanes) is 27. The van der Waals surface area contributed by atoms with Crippen molar-refractivity contribution in [1.82, 2.24) is 0 Å². The maximum absolute atomic E-state index is 12.7. The van der Waals surface area contributed by atoms with Crippen LogP contribution in [-0.2, 0) is 28.6 Å². The summed E-state index contributed by atoms with van der Waals surface area (Å²) in [6, 6.07) is 0. The van der Waals surface area contributed by atoms with Crippen LogP contribution in [0.3, 0.4) is 0 Å². The van der Waals surface area contributed by atoms with Crippen LogP contribution in [0.1, 0.15) is 245 Å². The Morgan fingerprint density at radius 3 is 1.02 bits per heavy atom. The van der Waals surface area contributed by atoms with Crippen LogP contribution in [0.5, 0.6) is 0 Å². The second-order valence-electron chi connectivity index (χ2n) is 16.4. The standard InChI is InChI=1S/C52H92O6/c1-4-7-10-13-16-19-21-23-24-25-26-27-29-30-33-36-39-42-45-51(54)57-48-49(47-56-50(53)44-41-38-35-32-18-15-12-9-6-3)58-52(55)46-43-40-37-34-31-28-22-20-17-14-11-8-5-2/h21,23-28,31,49H,4-20,22,29-30,32-48H2,1-3H3/b23-21-,25-24-,27-26-,31-28-. The van der Waals surface area contributed by atoms with Crippen LogP contribution in [0.15, 0.2) is 48.6 Å². The molecule has 0 amide bonds. The van der Waals surface area contributed by atoms with Gasteiger partial charge in [-0.3, -0.25) is 14.4 Å².